The van der Waals surface area contributed by atoms with Crippen LogP contribution in [-0.2, 0) is 6.42 Å². The van der Waals surface area contributed by atoms with Gasteiger partial charge < -0.3 is 15.3 Å². The van der Waals surface area contributed by atoms with E-state index in [4.69, 9.17) is 0 Å². The normalized spacial score (nSPS) is 13.3. The minimum atomic E-state index is -0.938. The predicted molar refractivity (Wildman–Crippen MR) is 118 cm³/mol. The molecule has 30 heavy (non-hydrogen) atoms. The van der Waals surface area contributed by atoms with Crippen LogP contribution in [0.5, 0.6) is 0 Å². The smallest absolute Gasteiger partial charge is 0.335 e. The second-order valence-corrected chi connectivity index (χ2v) is 8.23. The van der Waals surface area contributed by atoms with Gasteiger partial charge in [0.1, 0.15) is 0 Å². The summed E-state index contributed by atoms with van der Waals surface area (Å²) < 4.78 is 1.12. The van der Waals surface area contributed by atoms with Crippen molar-refractivity contribution in [3.63, 3.8) is 0 Å². The fourth-order valence-electron chi connectivity index (χ4n) is 3.78. The molecule has 0 fully saturated rings. The summed E-state index contributed by atoms with van der Waals surface area (Å²) in [5.74, 6) is 0.553. The van der Waals surface area contributed by atoms with E-state index in [-0.39, 0.29) is 5.56 Å². The molecule has 4 aromatic rings. The summed E-state index contributed by atoms with van der Waals surface area (Å²) in [6, 6.07) is 15.0. The van der Waals surface area contributed by atoms with Crippen molar-refractivity contribution in [3.8, 4) is 0 Å². The zero-order chi connectivity index (χ0) is 20.7. The molecule has 2 aromatic carbocycles. The van der Waals surface area contributed by atoms with Crippen molar-refractivity contribution in [2.24, 2.45) is 0 Å². The number of aromatic nitrogens is 3. The molecule has 0 saturated carbocycles. The molecule has 0 radical (unpaired) electrons. The molecule has 0 saturated heterocycles. The fourth-order valence-corrected chi connectivity index (χ4v) is 4.65. The number of hydrogen-bond donors (Lipinski definition) is 2. The van der Waals surface area contributed by atoms with E-state index in [0.717, 1.165) is 57.4 Å². The second-order valence-electron chi connectivity index (χ2n) is 7.20. The van der Waals surface area contributed by atoms with Crippen molar-refractivity contribution >= 4 is 50.0 Å². The Morgan fingerprint density at radius 1 is 1.17 bits per heavy atom. The summed E-state index contributed by atoms with van der Waals surface area (Å²) in [6.07, 6.45) is 1.86. The van der Waals surface area contributed by atoms with Crippen LogP contribution in [0.25, 0.3) is 10.2 Å². The highest BCUT2D eigenvalue weighted by molar-refractivity contribution is 7.22. The summed E-state index contributed by atoms with van der Waals surface area (Å²) >= 11 is 1.58. The summed E-state index contributed by atoms with van der Waals surface area (Å²) in [7, 11) is 0. The minimum absolute atomic E-state index is 0.262. The van der Waals surface area contributed by atoms with Crippen LogP contribution in [0.15, 0.2) is 48.5 Å². The lowest BCUT2D eigenvalue weighted by atomic mass is 10.0. The second kappa shape index (κ2) is 7.38. The highest BCUT2D eigenvalue weighted by Crippen LogP contribution is 2.36. The molecule has 0 atom stereocenters. The maximum atomic E-state index is 11.4. The third kappa shape index (κ3) is 3.25. The van der Waals surface area contributed by atoms with Crippen molar-refractivity contribution in [3.05, 3.63) is 65.2 Å². The van der Waals surface area contributed by atoms with E-state index in [2.05, 4.69) is 20.5 Å². The van der Waals surface area contributed by atoms with E-state index in [0.29, 0.717) is 5.82 Å². The highest BCUT2D eigenvalue weighted by Gasteiger charge is 2.24. The zero-order valence-electron chi connectivity index (χ0n) is 16.3. The SMILES string of the molecule is Cc1c(Nc2nc3ccccc3s2)nnc2c1CCCN2c1cccc(C(=O)O)c1. The summed E-state index contributed by atoms with van der Waals surface area (Å²) in [5, 5.41) is 22.4. The molecular weight excluding hydrogens is 398 g/mol. The van der Waals surface area contributed by atoms with Gasteiger partial charge in [0.2, 0.25) is 0 Å². The Balaban J connectivity index is 1.49. The molecule has 2 N–H and O–H groups in total. The Labute approximate surface area is 177 Å². The van der Waals surface area contributed by atoms with Crippen LogP contribution in [0.2, 0.25) is 0 Å². The molecule has 5 rings (SSSR count). The van der Waals surface area contributed by atoms with Crippen LogP contribution in [0.1, 0.15) is 27.9 Å². The van der Waals surface area contributed by atoms with E-state index < -0.39 is 5.97 Å². The molecule has 0 amide bonds. The molecular formula is C22H19N5O2S. The van der Waals surface area contributed by atoms with E-state index in [9.17, 15) is 9.90 Å². The van der Waals surface area contributed by atoms with Crippen LogP contribution in [0.3, 0.4) is 0 Å². The van der Waals surface area contributed by atoms with Gasteiger partial charge in [0.05, 0.1) is 15.8 Å². The number of carbonyl (C=O) groups is 1. The number of aromatic carboxylic acids is 1. The third-order valence-corrected chi connectivity index (χ3v) is 6.26. The Hall–Kier alpha value is -3.52. The van der Waals surface area contributed by atoms with E-state index >= 15 is 0 Å². The van der Waals surface area contributed by atoms with Crippen LogP contribution >= 0.6 is 11.3 Å². The average molecular weight is 417 g/mol. The highest BCUT2D eigenvalue weighted by atomic mass is 32.1. The number of para-hydroxylation sites is 1. The van der Waals surface area contributed by atoms with E-state index in [1.165, 1.54) is 0 Å². The third-order valence-electron chi connectivity index (χ3n) is 5.31. The number of anilines is 4. The van der Waals surface area contributed by atoms with Gasteiger partial charge in [-0.15, -0.1) is 10.2 Å². The lowest BCUT2D eigenvalue weighted by Gasteiger charge is -2.31. The van der Waals surface area contributed by atoms with Crippen molar-refractivity contribution < 1.29 is 9.90 Å². The molecule has 3 heterocycles. The van der Waals surface area contributed by atoms with Crippen LogP contribution in [-0.4, -0.2) is 32.8 Å². The Kier molecular flexibility index (Phi) is 4.55. The average Bonchev–Trinajstić information content (AvgIpc) is 3.18. The number of hydrogen-bond acceptors (Lipinski definition) is 7. The predicted octanol–water partition coefficient (Wildman–Crippen LogP) is 4.92. The first-order valence-electron chi connectivity index (χ1n) is 9.70. The van der Waals surface area contributed by atoms with Gasteiger partial charge in [0.25, 0.3) is 0 Å². The molecule has 8 heteroatoms. The first-order valence-corrected chi connectivity index (χ1v) is 10.5. The molecule has 0 bridgehead atoms. The van der Waals surface area contributed by atoms with Crippen LogP contribution < -0.4 is 10.2 Å². The maximum absolute atomic E-state index is 11.4. The molecule has 150 valence electrons. The van der Waals surface area contributed by atoms with Crippen molar-refractivity contribution in [2.45, 2.75) is 19.8 Å². The Morgan fingerprint density at radius 3 is 2.87 bits per heavy atom. The largest absolute Gasteiger partial charge is 0.478 e. The standard InChI is InChI=1S/C22H19N5O2S/c1-13-16-8-5-11-27(15-7-4-6-14(12-15)21(28)29)20(16)26-25-19(13)24-22-23-17-9-2-3-10-18(17)30-22/h2-4,6-7,9-10,12H,5,8,11H2,1H3,(H,28,29)(H,23,24,25). The lowest BCUT2D eigenvalue weighted by molar-refractivity contribution is 0.0697. The van der Waals surface area contributed by atoms with E-state index in [1.54, 1.807) is 29.5 Å². The molecule has 0 spiro atoms. The van der Waals surface area contributed by atoms with Crippen LogP contribution in [0, 0.1) is 6.92 Å². The Morgan fingerprint density at radius 2 is 2.03 bits per heavy atom. The number of rotatable bonds is 4. The number of thiazole rings is 1. The monoisotopic (exact) mass is 417 g/mol. The number of carboxylic acids is 1. The Bertz CT molecular complexity index is 1240. The summed E-state index contributed by atoms with van der Waals surface area (Å²) in [5.41, 5.74) is 4.20. The molecule has 0 unspecified atom stereocenters. The van der Waals surface area contributed by atoms with Gasteiger partial charge in [-0.05, 0) is 50.1 Å². The first-order chi connectivity index (χ1) is 14.6. The first kappa shape index (κ1) is 18.5. The summed E-state index contributed by atoms with van der Waals surface area (Å²) in [4.78, 5) is 18.0. The topological polar surface area (TPSA) is 91.2 Å². The van der Waals surface area contributed by atoms with Gasteiger partial charge in [0.15, 0.2) is 16.8 Å². The van der Waals surface area contributed by atoms with Gasteiger partial charge in [-0.2, -0.15) is 0 Å². The van der Waals surface area contributed by atoms with Crippen LogP contribution in [0.4, 0.5) is 22.5 Å². The van der Waals surface area contributed by atoms with Gasteiger partial charge in [-0.25, -0.2) is 9.78 Å². The molecule has 2 aromatic heterocycles. The van der Waals surface area contributed by atoms with Gasteiger partial charge in [-0.1, -0.05) is 29.5 Å². The lowest BCUT2D eigenvalue weighted by Crippen LogP contribution is -2.27. The molecule has 7 nitrogen and oxygen atoms in total. The van der Waals surface area contributed by atoms with Gasteiger partial charge in [-0.3, -0.25) is 0 Å². The fraction of sp³-hybridized carbons (Fsp3) is 0.182. The number of carboxylic acid groups (broad SMARTS) is 1. The molecule has 0 aliphatic carbocycles. The summed E-state index contributed by atoms with van der Waals surface area (Å²) in [6.45, 7) is 2.81. The number of nitrogens with one attached hydrogen (secondary N) is 1. The minimum Gasteiger partial charge on any atom is -0.478 e. The van der Waals surface area contributed by atoms with Gasteiger partial charge in [0, 0.05) is 23.4 Å². The van der Waals surface area contributed by atoms with Gasteiger partial charge >= 0.3 is 5.97 Å². The van der Waals surface area contributed by atoms with E-state index in [1.807, 2.05) is 42.2 Å². The van der Waals surface area contributed by atoms with Crippen molar-refractivity contribution in [2.75, 3.05) is 16.8 Å². The van der Waals surface area contributed by atoms with Crippen molar-refractivity contribution in [1.82, 2.24) is 15.2 Å². The molecule has 1 aliphatic heterocycles. The van der Waals surface area contributed by atoms with Crippen molar-refractivity contribution in [1.29, 1.82) is 0 Å². The number of nitrogens with zero attached hydrogens (tertiary/aromatic N) is 4. The number of benzene rings is 2. The number of fused-ring (bicyclic) bond motifs is 2. The quantitative estimate of drug-likeness (QED) is 0.487. The molecule has 1 aliphatic rings. The zero-order valence-corrected chi connectivity index (χ0v) is 17.1. The maximum Gasteiger partial charge on any atom is 0.335 e.